The van der Waals surface area contributed by atoms with Gasteiger partial charge < -0.3 is 4.57 Å². The number of pyridine rings is 2. The second-order valence-electron chi connectivity index (χ2n) is 4.95. The molecular formula is C19H34N2OY. The molecule has 0 amide bonds. The monoisotopic (exact) mass is 395 g/mol. The molecule has 0 aromatic carbocycles. The van der Waals surface area contributed by atoms with Crippen LogP contribution >= 0.6 is 0 Å². The summed E-state index contributed by atoms with van der Waals surface area (Å²) in [5, 5.41) is 0. The minimum Gasteiger partial charge on any atom is -0.313 e. The predicted octanol–water partition coefficient (Wildman–Crippen LogP) is 5.54. The molecule has 0 atom stereocenters. The Bertz CT molecular complexity index is 536. The summed E-state index contributed by atoms with van der Waals surface area (Å²) in [5.41, 5.74) is 1.23. The molecule has 0 N–H and O–H groups in total. The average Bonchev–Trinajstić information content (AvgIpc) is 2.40. The van der Waals surface area contributed by atoms with Crippen LogP contribution in [0, 0.1) is 0 Å². The Kier molecular flexibility index (Phi) is 21.1. The van der Waals surface area contributed by atoms with Crippen LogP contribution < -0.4 is 5.56 Å². The molecule has 0 aliphatic heterocycles. The Morgan fingerprint density at radius 3 is 1.78 bits per heavy atom. The van der Waals surface area contributed by atoms with E-state index in [0.29, 0.717) is 5.92 Å². The van der Waals surface area contributed by atoms with Crippen molar-refractivity contribution in [3.05, 3.63) is 64.8 Å². The molecule has 0 saturated heterocycles. The van der Waals surface area contributed by atoms with E-state index in [1.165, 1.54) is 0 Å². The first-order valence-electron chi connectivity index (χ1n) is 6.60. The largest absolute Gasteiger partial charge is 0.313 e. The van der Waals surface area contributed by atoms with Gasteiger partial charge in [0.1, 0.15) is 0 Å². The van der Waals surface area contributed by atoms with Crippen LogP contribution in [0.25, 0.3) is 0 Å². The maximum Gasteiger partial charge on any atom is 0.250 e. The van der Waals surface area contributed by atoms with Gasteiger partial charge in [0, 0.05) is 62.9 Å². The van der Waals surface area contributed by atoms with E-state index in [4.69, 9.17) is 0 Å². The Morgan fingerprint density at radius 1 is 0.913 bits per heavy atom. The molecule has 4 heteroatoms. The van der Waals surface area contributed by atoms with E-state index in [0.717, 1.165) is 5.69 Å². The van der Waals surface area contributed by atoms with Crippen LogP contribution in [0.2, 0.25) is 0 Å². The molecule has 1 radical (unpaired) electrons. The average molecular weight is 395 g/mol. The fourth-order valence-electron chi connectivity index (χ4n) is 1.58. The molecule has 0 unspecified atom stereocenters. The van der Waals surface area contributed by atoms with Gasteiger partial charge in [-0.25, -0.2) is 0 Å². The maximum absolute atomic E-state index is 11.0. The molecule has 3 nitrogen and oxygen atoms in total. The first-order valence-corrected chi connectivity index (χ1v) is 6.60. The van der Waals surface area contributed by atoms with Crippen LogP contribution in [0.5, 0.6) is 0 Å². The summed E-state index contributed by atoms with van der Waals surface area (Å²) in [6, 6.07) is 11.4. The van der Waals surface area contributed by atoms with Crippen molar-refractivity contribution in [2.45, 2.75) is 61.9 Å². The summed E-state index contributed by atoms with van der Waals surface area (Å²) in [5.74, 6) is 0.547. The smallest absolute Gasteiger partial charge is 0.250 e. The minimum absolute atomic E-state index is 0. The molecule has 0 spiro atoms. The third-order valence-corrected chi connectivity index (χ3v) is 2.69. The van der Waals surface area contributed by atoms with Crippen LogP contribution in [-0.2, 0) is 32.7 Å². The summed E-state index contributed by atoms with van der Waals surface area (Å²) in [4.78, 5) is 15.2. The summed E-state index contributed by atoms with van der Waals surface area (Å²) in [6.07, 6.45) is 3.63. The van der Waals surface area contributed by atoms with Gasteiger partial charge in [0.25, 0.3) is 5.56 Å². The zero-order chi connectivity index (χ0) is 14.3. The first kappa shape index (κ1) is 30.1. The Morgan fingerprint density at radius 2 is 1.48 bits per heavy atom. The third-order valence-electron chi connectivity index (χ3n) is 2.69. The number of nitrogens with zero attached hydrogens (tertiary/aromatic N) is 2. The molecule has 0 fully saturated rings. The molecule has 129 valence electrons. The van der Waals surface area contributed by atoms with E-state index in [2.05, 4.69) is 18.8 Å². The van der Waals surface area contributed by atoms with Gasteiger partial charge in [-0.3, -0.25) is 9.78 Å². The molecule has 2 aromatic heterocycles. The number of rotatable bonds is 2. The Balaban J connectivity index is -0.000000134. The molecule has 0 aliphatic rings. The van der Waals surface area contributed by atoms with Crippen molar-refractivity contribution >= 4 is 0 Å². The van der Waals surface area contributed by atoms with Gasteiger partial charge in [0.05, 0.1) is 0 Å². The standard InChI is InChI=1S/C8H11NO.C8H11N.3CH4.Y/c1-7(2)9-6-4-3-5-8(9)10;1-7(2)8-5-3-4-6-9-8;;;;/h3-7H,1-2H3;3-7H,1-2H3;3*1H4;. The number of hydrogen-bond acceptors (Lipinski definition) is 2. The van der Waals surface area contributed by atoms with Gasteiger partial charge in [-0.15, -0.1) is 0 Å². The van der Waals surface area contributed by atoms with Crippen LogP contribution in [-0.4, -0.2) is 9.55 Å². The zero-order valence-electron chi connectivity index (χ0n) is 12.7. The summed E-state index contributed by atoms with van der Waals surface area (Å²) < 4.78 is 1.69. The van der Waals surface area contributed by atoms with Crippen molar-refractivity contribution in [1.82, 2.24) is 9.55 Å². The normalized spacial score (nSPS) is 8.43. The predicted molar refractivity (Wildman–Crippen MR) is 99.6 cm³/mol. The van der Waals surface area contributed by atoms with Gasteiger partial charge in [0.15, 0.2) is 0 Å². The third kappa shape index (κ3) is 11.4. The molecule has 23 heavy (non-hydrogen) atoms. The van der Waals surface area contributed by atoms with Crippen molar-refractivity contribution in [1.29, 1.82) is 0 Å². The van der Waals surface area contributed by atoms with E-state index < -0.39 is 0 Å². The van der Waals surface area contributed by atoms with Crippen molar-refractivity contribution in [3.8, 4) is 0 Å². The van der Waals surface area contributed by atoms with E-state index in [-0.39, 0.29) is 66.6 Å². The maximum atomic E-state index is 11.0. The van der Waals surface area contributed by atoms with Crippen molar-refractivity contribution < 1.29 is 32.7 Å². The minimum atomic E-state index is 0. The second-order valence-corrected chi connectivity index (χ2v) is 4.95. The molecular weight excluding hydrogens is 361 g/mol. The topological polar surface area (TPSA) is 34.9 Å². The SMILES string of the molecule is C.C.C.CC(C)c1ccccn1.CC(C)n1ccccc1=O.[Y]. The molecule has 2 aromatic rings. The Hall–Kier alpha value is -0.796. The fraction of sp³-hybridized carbons (Fsp3) is 0.474. The molecule has 0 aliphatic carbocycles. The van der Waals surface area contributed by atoms with Gasteiger partial charge in [0.2, 0.25) is 0 Å². The van der Waals surface area contributed by atoms with Crippen LogP contribution in [0.15, 0.2) is 53.6 Å². The van der Waals surface area contributed by atoms with Crippen LogP contribution in [0.3, 0.4) is 0 Å². The first-order chi connectivity index (χ1) is 9.02. The van der Waals surface area contributed by atoms with Crippen LogP contribution in [0.4, 0.5) is 0 Å². The summed E-state index contributed by atoms with van der Waals surface area (Å²) >= 11 is 0. The second kappa shape index (κ2) is 16.1. The quantitative estimate of drug-likeness (QED) is 0.669. The molecule has 0 saturated carbocycles. The van der Waals surface area contributed by atoms with E-state index in [1.807, 2.05) is 44.3 Å². The van der Waals surface area contributed by atoms with Gasteiger partial charge in [-0.2, -0.15) is 0 Å². The van der Waals surface area contributed by atoms with Crippen molar-refractivity contribution in [2.75, 3.05) is 0 Å². The van der Waals surface area contributed by atoms with E-state index in [1.54, 1.807) is 22.9 Å². The molecule has 2 heterocycles. The molecule has 2 rings (SSSR count). The number of aromatic nitrogens is 2. The van der Waals surface area contributed by atoms with E-state index in [9.17, 15) is 4.79 Å². The Labute approximate surface area is 168 Å². The summed E-state index contributed by atoms with van der Waals surface area (Å²) in [6.45, 7) is 8.26. The van der Waals surface area contributed by atoms with E-state index >= 15 is 0 Å². The van der Waals surface area contributed by atoms with Gasteiger partial charge in [-0.05, 0) is 38.0 Å². The number of hydrogen-bond donors (Lipinski definition) is 0. The van der Waals surface area contributed by atoms with Gasteiger partial charge >= 0.3 is 0 Å². The summed E-state index contributed by atoms with van der Waals surface area (Å²) in [7, 11) is 0. The zero-order valence-corrected chi connectivity index (χ0v) is 15.5. The van der Waals surface area contributed by atoms with Crippen molar-refractivity contribution in [2.24, 2.45) is 0 Å². The van der Waals surface area contributed by atoms with Crippen LogP contribution in [0.1, 0.15) is 67.6 Å². The van der Waals surface area contributed by atoms with Gasteiger partial charge in [-0.1, -0.05) is 48.3 Å². The van der Waals surface area contributed by atoms with Crippen molar-refractivity contribution in [3.63, 3.8) is 0 Å². The molecule has 0 bridgehead atoms. The fourth-order valence-corrected chi connectivity index (χ4v) is 1.58.